The van der Waals surface area contributed by atoms with Crippen molar-refractivity contribution in [1.82, 2.24) is 0 Å². The molecule has 1 rings (SSSR count). The highest BCUT2D eigenvalue weighted by molar-refractivity contribution is 5.09. The second kappa shape index (κ2) is 4.99. The lowest BCUT2D eigenvalue weighted by Gasteiger charge is -2.35. The lowest BCUT2D eigenvalue weighted by molar-refractivity contribution is -0.00883. The zero-order valence-corrected chi connectivity index (χ0v) is 10.2. The molecule has 3 nitrogen and oxygen atoms in total. The summed E-state index contributed by atoms with van der Waals surface area (Å²) in [7, 11) is 1.71. The van der Waals surface area contributed by atoms with Gasteiger partial charge in [-0.25, -0.2) is 0 Å². The van der Waals surface area contributed by atoms with Gasteiger partial charge >= 0.3 is 0 Å². The second-order valence-corrected chi connectivity index (χ2v) is 5.15. The molecular formula is C12H23NO2. The first-order valence-electron chi connectivity index (χ1n) is 5.58. The molecule has 2 unspecified atom stereocenters. The van der Waals surface area contributed by atoms with E-state index < -0.39 is 0 Å². The zero-order valence-electron chi connectivity index (χ0n) is 10.2. The minimum atomic E-state index is -0.157. The summed E-state index contributed by atoms with van der Waals surface area (Å²) in [5, 5.41) is 0. The van der Waals surface area contributed by atoms with Gasteiger partial charge in [-0.15, -0.1) is 0 Å². The number of hydrogen-bond acceptors (Lipinski definition) is 3. The minimum absolute atomic E-state index is 0.0122. The molecule has 1 aliphatic heterocycles. The van der Waals surface area contributed by atoms with Crippen LogP contribution in [0.25, 0.3) is 0 Å². The maximum Gasteiger partial charge on any atom is 0.111 e. The van der Waals surface area contributed by atoms with Crippen LogP contribution in [0.5, 0.6) is 0 Å². The van der Waals surface area contributed by atoms with Crippen molar-refractivity contribution in [3.8, 4) is 0 Å². The smallest absolute Gasteiger partial charge is 0.111 e. The van der Waals surface area contributed by atoms with E-state index >= 15 is 0 Å². The van der Waals surface area contributed by atoms with Gasteiger partial charge in [0.15, 0.2) is 0 Å². The van der Waals surface area contributed by atoms with Crippen molar-refractivity contribution in [1.29, 1.82) is 0 Å². The third-order valence-electron chi connectivity index (χ3n) is 2.72. The van der Waals surface area contributed by atoms with E-state index in [0.717, 1.165) is 25.2 Å². The molecule has 2 atom stereocenters. The molecule has 0 amide bonds. The van der Waals surface area contributed by atoms with Crippen LogP contribution in [0.1, 0.15) is 33.6 Å². The van der Waals surface area contributed by atoms with E-state index in [2.05, 4.69) is 26.8 Å². The summed E-state index contributed by atoms with van der Waals surface area (Å²) in [5.74, 6) is 0.892. The Morgan fingerprint density at radius 2 is 2.13 bits per heavy atom. The van der Waals surface area contributed by atoms with E-state index in [1.807, 2.05) is 0 Å². The molecule has 0 saturated carbocycles. The van der Waals surface area contributed by atoms with Gasteiger partial charge in [0.05, 0.1) is 18.8 Å². The third kappa shape index (κ3) is 3.21. The lowest BCUT2D eigenvalue weighted by Crippen LogP contribution is -2.46. The van der Waals surface area contributed by atoms with Gasteiger partial charge in [-0.3, -0.25) is 0 Å². The van der Waals surface area contributed by atoms with E-state index in [9.17, 15) is 0 Å². The van der Waals surface area contributed by atoms with Crippen LogP contribution in [0.3, 0.4) is 0 Å². The average Bonchev–Trinajstić information content (AvgIpc) is 2.18. The Balaban J connectivity index is 2.72. The predicted molar refractivity (Wildman–Crippen MR) is 61.5 cm³/mol. The number of allylic oxidation sites excluding steroid dienone is 1. The van der Waals surface area contributed by atoms with Gasteiger partial charge in [-0.2, -0.15) is 0 Å². The second-order valence-electron chi connectivity index (χ2n) is 5.15. The Morgan fingerprint density at radius 1 is 1.47 bits per heavy atom. The van der Waals surface area contributed by atoms with Gasteiger partial charge in [-0.05, 0) is 24.3 Å². The molecule has 0 fully saturated rings. The Bertz CT molecular complexity index is 230. The molecule has 0 aromatic heterocycles. The van der Waals surface area contributed by atoms with E-state index in [1.165, 1.54) is 0 Å². The van der Waals surface area contributed by atoms with E-state index in [1.54, 1.807) is 7.11 Å². The van der Waals surface area contributed by atoms with Crippen LogP contribution in [-0.4, -0.2) is 25.9 Å². The molecular weight excluding hydrogens is 190 g/mol. The quantitative estimate of drug-likeness (QED) is 0.780. The molecule has 0 aromatic carbocycles. The van der Waals surface area contributed by atoms with Crippen molar-refractivity contribution in [2.45, 2.75) is 45.8 Å². The van der Waals surface area contributed by atoms with E-state index in [0.29, 0.717) is 0 Å². The van der Waals surface area contributed by atoms with Crippen LogP contribution in [0.4, 0.5) is 0 Å². The van der Waals surface area contributed by atoms with Gasteiger partial charge in [0.25, 0.3) is 0 Å². The maximum atomic E-state index is 6.17. The first-order valence-corrected chi connectivity index (χ1v) is 5.58. The summed E-state index contributed by atoms with van der Waals surface area (Å²) in [6.07, 6.45) is 4.22. The van der Waals surface area contributed by atoms with Crippen molar-refractivity contribution in [3.63, 3.8) is 0 Å². The van der Waals surface area contributed by atoms with Gasteiger partial charge in [0, 0.05) is 7.11 Å². The molecule has 1 aliphatic rings. The molecule has 0 aromatic rings. The molecule has 0 saturated heterocycles. The van der Waals surface area contributed by atoms with Crippen LogP contribution in [0, 0.1) is 5.41 Å². The Kier molecular flexibility index (Phi) is 4.17. The maximum absolute atomic E-state index is 6.17. The van der Waals surface area contributed by atoms with Crippen molar-refractivity contribution in [3.05, 3.63) is 11.8 Å². The lowest BCUT2D eigenvalue weighted by atomic mass is 9.84. The summed E-state index contributed by atoms with van der Waals surface area (Å²) in [5.41, 5.74) is 6.19. The molecule has 1 heterocycles. The van der Waals surface area contributed by atoms with Crippen LogP contribution >= 0.6 is 0 Å². The summed E-state index contributed by atoms with van der Waals surface area (Å²) in [6.45, 7) is 7.17. The summed E-state index contributed by atoms with van der Waals surface area (Å²) >= 11 is 0. The van der Waals surface area contributed by atoms with Crippen LogP contribution in [-0.2, 0) is 9.47 Å². The highest BCUT2D eigenvalue weighted by Gasteiger charge is 2.33. The molecule has 88 valence electrons. The van der Waals surface area contributed by atoms with E-state index in [-0.39, 0.29) is 17.6 Å². The standard InChI is InChI=1S/C12H23NO2/c1-12(2,3)11(14-4)10(13)9-7-5-6-8-15-9/h7,10-11H,5-6,8,13H2,1-4H3. The number of rotatable bonds is 3. The number of nitrogens with two attached hydrogens (primary N) is 1. The Labute approximate surface area is 92.6 Å². The first-order chi connectivity index (χ1) is 6.96. The molecule has 0 spiro atoms. The fourth-order valence-corrected chi connectivity index (χ4v) is 2.00. The van der Waals surface area contributed by atoms with Crippen molar-refractivity contribution >= 4 is 0 Å². The van der Waals surface area contributed by atoms with Crippen molar-refractivity contribution < 1.29 is 9.47 Å². The highest BCUT2D eigenvalue weighted by atomic mass is 16.5. The Morgan fingerprint density at radius 3 is 2.53 bits per heavy atom. The number of ether oxygens (including phenoxy) is 2. The van der Waals surface area contributed by atoms with Gasteiger partial charge < -0.3 is 15.2 Å². The van der Waals surface area contributed by atoms with Gasteiger partial charge in [0.1, 0.15) is 5.76 Å². The predicted octanol–water partition coefficient (Wildman–Crippen LogP) is 2.07. The van der Waals surface area contributed by atoms with Gasteiger partial charge in [0.2, 0.25) is 0 Å². The topological polar surface area (TPSA) is 44.5 Å². The highest BCUT2D eigenvalue weighted by Crippen LogP contribution is 2.28. The normalized spacial score (nSPS) is 21.5. The number of methoxy groups -OCH3 is 1. The summed E-state index contributed by atoms with van der Waals surface area (Å²) in [4.78, 5) is 0. The van der Waals surface area contributed by atoms with Crippen molar-refractivity contribution in [2.75, 3.05) is 13.7 Å². The molecule has 2 N–H and O–H groups in total. The molecule has 0 radical (unpaired) electrons. The largest absolute Gasteiger partial charge is 0.496 e. The number of hydrogen-bond donors (Lipinski definition) is 1. The third-order valence-corrected chi connectivity index (χ3v) is 2.72. The van der Waals surface area contributed by atoms with Crippen molar-refractivity contribution in [2.24, 2.45) is 11.1 Å². The van der Waals surface area contributed by atoms with Crippen LogP contribution < -0.4 is 5.73 Å². The summed E-state index contributed by atoms with van der Waals surface area (Å²) in [6, 6.07) is -0.157. The Hall–Kier alpha value is -0.540. The van der Waals surface area contributed by atoms with Gasteiger partial charge in [-0.1, -0.05) is 20.8 Å². The average molecular weight is 213 g/mol. The fourth-order valence-electron chi connectivity index (χ4n) is 2.00. The first kappa shape index (κ1) is 12.5. The van der Waals surface area contributed by atoms with Crippen LogP contribution in [0.15, 0.2) is 11.8 Å². The molecule has 0 aliphatic carbocycles. The zero-order chi connectivity index (χ0) is 11.5. The molecule has 15 heavy (non-hydrogen) atoms. The van der Waals surface area contributed by atoms with Crippen LogP contribution in [0.2, 0.25) is 0 Å². The monoisotopic (exact) mass is 213 g/mol. The fraction of sp³-hybridized carbons (Fsp3) is 0.833. The molecule has 0 bridgehead atoms. The SMILES string of the molecule is COC(C(N)C1=CCCCO1)C(C)(C)C. The summed E-state index contributed by atoms with van der Waals surface area (Å²) < 4.78 is 11.1. The van der Waals surface area contributed by atoms with E-state index in [4.69, 9.17) is 15.2 Å². The minimum Gasteiger partial charge on any atom is -0.496 e. The molecule has 3 heteroatoms.